The van der Waals surface area contributed by atoms with Gasteiger partial charge in [-0.2, -0.15) is 0 Å². The Morgan fingerprint density at radius 1 is 0.667 bits per heavy atom. The average Bonchev–Trinajstić information content (AvgIpc) is 2.45. The summed E-state index contributed by atoms with van der Waals surface area (Å²) in [5.41, 5.74) is 6.31. The van der Waals surface area contributed by atoms with E-state index in [2.05, 4.69) is 0 Å². The van der Waals surface area contributed by atoms with Crippen LogP contribution in [-0.4, -0.2) is 0 Å². The third-order valence-corrected chi connectivity index (χ3v) is 2.58. The zero-order chi connectivity index (χ0) is 12.8. The monoisotopic (exact) mass is 240 g/mol. The van der Waals surface area contributed by atoms with Gasteiger partial charge in [-0.15, -0.1) is 0 Å². The molecule has 0 saturated heterocycles. The number of anilines is 2. The fourth-order valence-corrected chi connectivity index (χ4v) is 1.65. The molecule has 2 N–H and O–H groups in total. The maximum absolute atomic E-state index is 10.7. The fraction of sp³-hybridized carbons (Fsp3) is 0. The molecule has 4 heteroatoms. The summed E-state index contributed by atoms with van der Waals surface area (Å²) < 4.78 is 0. The van der Waals surface area contributed by atoms with Crippen molar-refractivity contribution in [2.45, 2.75) is 0 Å². The molecule has 4 nitrogen and oxygen atoms in total. The number of hydrogen-bond acceptors (Lipinski definition) is 2. The van der Waals surface area contributed by atoms with Gasteiger partial charge in [0.1, 0.15) is 0 Å². The second-order valence-corrected chi connectivity index (χ2v) is 3.71. The van der Waals surface area contributed by atoms with Gasteiger partial charge in [0.25, 0.3) is 0 Å². The van der Waals surface area contributed by atoms with Crippen LogP contribution in [0.4, 0.5) is 11.4 Å². The standard InChI is InChI=1S/C14H12N2O2/c17-15-13-7-3-1-5-11(13)9-10-12-6-2-4-8-14(12)16-18/h1-10,15-16H/b10-9+. The summed E-state index contributed by atoms with van der Waals surface area (Å²) in [5, 5.41) is 21.5. The van der Waals surface area contributed by atoms with E-state index < -0.39 is 0 Å². The summed E-state index contributed by atoms with van der Waals surface area (Å²) >= 11 is 0. The molecule has 18 heavy (non-hydrogen) atoms. The van der Waals surface area contributed by atoms with E-state index in [1.807, 2.05) is 35.2 Å². The molecule has 0 atom stereocenters. The first-order valence-electron chi connectivity index (χ1n) is 5.47. The van der Waals surface area contributed by atoms with E-state index in [4.69, 9.17) is 0 Å². The SMILES string of the molecule is [O]Nc1ccccc1/C=C/c1ccccc1N[O]. The van der Waals surface area contributed by atoms with Gasteiger partial charge in [-0.05, 0) is 12.1 Å². The van der Waals surface area contributed by atoms with E-state index in [-0.39, 0.29) is 0 Å². The van der Waals surface area contributed by atoms with Gasteiger partial charge in [0.15, 0.2) is 0 Å². The van der Waals surface area contributed by atoms with Crippen molar-refractivity contribution in [2.24, 2.45) is 0 Å². The van der Waals surface area contributed by atoms with Crippen molar-refractivity contribution in [1.29, 1.82) is 0 Å². The molecular formula is C14H12N2O2. The second-order valence-electron chi connectivity index (χ2n) is 3.71. The van der Waals surface area contributed by atoms with Gasteiger partial charge >= 0.3 is 0 Å². The van der Waals surface area contributed by atoms with Crippen molar-refractivity contribution in [3.63, 3.8) is 0 Å². The summed E-state index contributed by atoms with van der Waals surface area (Å²) in [6, 6.07) is 14.3. The molecule has 2 aromatic carbocycles. The van der Waals surface area contributed by atoms with Gasteiger partial charge < -0.3 is 0 Å². The van der Waals surface area contributed by atoms with Crippen molar-refractivity contribution in [3.05, 3.63) is 59.7 Å². The minimum absolute atomic E-state index is 0.501. The van der Waals surface area contributed by atoms with Gasteiger partial charge in [0.05, 0.1) is 11.4 Å². The van der Waals surface area contributed by atoms with Crippen LogP contribution < -0.4 is 11.0 Å². The maximum Gasteiger partial charge on any atom is 0.0707 e. The van der Waals surface area contributed by atoms with E-state index in [9.17, 15) is 10.4 Å². The van der Waals surface area contributed by atoms with Gasteiger partial charge in [0.2, 0.25) is 0 Å². The van der Waals surface area contributed by atoms with Gasteiger partial charge in [-0.1, -0.05) is 59.0 Å². The molecule has 0 aliphatic heterocycles. The summed E-state index contributed by atoms with van der Waals surface area (Å²) in [4.78, 5) is 0. The largest absolute Gasteiger partial charge is 0.233 e. The molecule has 0 unspecified atom stereocenters. The predicted octanol–water partition coefficient (Wildman–Crippen LogP) is 3.37. The molecular weight excluding hydrogens is 228 g/mol. The predicted molar refractivity (Wildman–Crippen MR) is 70.4 cm³/mol. The highest BCUT2D eigenvalue weighted by molar-refractivity contribution is 5.80. The lowest BCUT2D eigenvalue weighted by Gasteiger charge is -2.03. The Hall–Kier alpha value is -2.30. The van der Waals surface area contributed by atoms with Crippen LogP contribution in [0.1, 0.15) is 11.1 Å². The van der Waals surface area contributed by atoms with Crippen LogP contribution in [0.15, 0.2) is 48.5 Å². The first-order chi connectivity index (χ1) is 8.85. The van der Waals surface area contributed by atoms with Gasteiger partial charge in [-0.25, -0.2) is 11.0 Å². The molecule has 2 rings (SSSR count). The van der Waals surface area contributed by atoms with E-state index in [0.717, 1.165) is 11.1 Å². The molecule has 0 aromatic heterocycles. The lowest BCUT2D eigenvalue weighted by Crippen LogP contribution is -1.90. The van der Waals surface area contributed by atoms with Crippen molar-refractivity contribution in [1.82, 2.24) is 0 Å². The van der Waals surface area contributed by atoms with E-state index in [0.29, 0.717) is 11.4 Å². The Morgan fingerprint density at radius 2 is 1.06 bits per heavy atom. The number of rotatable bonds is 4. The Balaban J connectivity index is 2.30. The molecule has 2 radical (unpaired) electrons. The van der Waals surface area contributed by atoms with E-state index in [1.165, 1.54) is 0 Å². The zero-order valence-corrected chi connectivity index (χ0v) is 9.59. The van der Waals surface area contributed by atoms with Crippen molar-refractivity contribution in [2.75, 3.05) is 11.0 Å². The minimum Gasteiger partial charge on any atom is -0.233 e. The molecule has 0 bridgehead atoms. The topological polar surface area (TPSA) is 63.9 Å². The highest BCUT2D eigenvalue weighted by Gasteiger charge is 1.99. The Kier molecular flexibility index (Phi) is 3.96. The van der Waals surface area contributed by atoms with Crippen LogP contribution >= 0.6 is 0 Å². The first-order valence-corrected chi connectivity index (χ1v) is 5.47. The summed E-state index contributed by atoms with van der Waals surface area (Å²) in [6.07, 6.45) is 3.58. The molecule has 2 aromatic rings. The third kappa shape index (κ3) is 2.68. The second kappa shape index (κ2) is 5.86. The first kappa shape index (κ1) is 12.2. The van der Waals surface area contributed by atoms with E-state index in [1.54, 1.807) is 36.4 Å². The highest BCUT2D eigenvalue weighted by Crippen LogP contribution is 2.20. The number of hydrogen-bond donors (Lipinski definition) is 2. The molecule has 0 aliphatic carbocycles. The quantitative estimate of drug-likeness (QED) is 0.635. The van der Waals surface area contributed by atoms with Crippen LogP contribution in [0.3, 0.4) is 0 Å². The van der Waals surface area contributed by atoms with Crippen LogP contribution in [0.25, 0.3) is 12.2 Å². The van der Waals surface area contributed by atoms with Crippen LogP contribution in [0.5, 0.6) is 0 Å². The molecule has 0 fully saturated rings. The summed E-state index contributed by atoms with van der Waals surface area (Å²) in [6.45, 7) is 0. The lowest BCUT2D eigenvalue weighted by atomic mass is 10.1. The minimum atomic E-state index is 0.501. The van der Waals surface area contributed by atoms with Crippen LogP contribution in [0.2, 0.25) is 0 Å². The lowest BCUT2D eigenvalue weighted by molar-refractivity contribution is 0.274. The summed E-state index contributed by atoms with van der Waals surface area (Å²) in [5.74, 6) is 0. The molecule has 0 saturated carbocycles. The molecule has 90 valence electrons. The van der Waals surface area contributed by atoms with Gasteiger partial charge in [0, 0.05) is 11.1 Å². The molecule has 0 amide bonds. The van der Waals surface area contributed by atoms with E-state index >= 15 is 0 Å². The zero-order valence-electron chi connectivity index (χ0n) is 9.59. The van der Waals surface area contributed by atoms with Crippen molar-refractivity contribution >= 4 is 23.5 Å². The molecule has 0 heterocycles. The van der Waals surface area contributed by atoms with Crippen LogP contribution in [-0.2, 0) is 10.4 Å². The third-order valence-electron chi connectivity index (χ3n) is 2.58. The highest BCUT2D eigenvalue weighted by atomic mass is 16.5. The Bertz CT molecular complexity index is 503. The number of para-hydroxylation sites is 2. The number of nitrogens with one attached hydrogen (secondary N) is 2. The molecule has 0 aliphatic rings. The van der Waals surface area contributed by atoms with Crippen LogP contribution in [0, 0.1) is 0 Å². The average molecular weight is 240 g/mol. The normalized spacial score (nSPS) is 10.6. The van der Waals surface area contributed by atoms with Crippen molar-refractivity contribution in [3.8, 4) is 0 Å². The Morgan fingerprint density at radius 3 is 1.44 bits per heavy atom. The number of benzene rings is 2. The smallest absolute Gasteiger partial charge is 0.0707 e. The Labute approximate surface area is 105 Å². The summed E-state index contributed by atoms with van der Waals surface area (Å²) in [7, 11) is 0. The van der Waals surface area contributed by atoms with Gasteiger partial charge in [-0.3, -0.25) is 0 Å². The molecule has 0 spiro atoms. The van der Waals surface area contributed by atoms with Crippen molar-refractivity contribution < 1.29 is 10.4 Å². The fourth-order valence-electron chi connectivity index (χ4n) is 1.65. The maximum atomic E-state index is 10.7.